The van der Waals surface area contributed by atoms with Gasteiger partial charge in [0.25, 0.3) is 5.91 Å². The summed E-state index contributed by atoms with van der Waals surface area (Å²) in [7, 11) is 0. The van der Waals surface area contributed by atoms with Crippen molar-refractivity contribution in [2.75, 3.05) is 11.9 Å². The molecule has 0 unspecified atom stereocenters. The molecule has 0 spiro atoms. The van der Waals surface area contributed by atoms with Crippen molar-refractivity contribution in [3.8, 4) is 10.6 Å². The largest absolute Gasteiger partial charge is 0.455 e. The molecule has 0 saturated heterocycles. The monoisotopic (exact) mass is 460 g/mol. The first kappa shape index (κ1) is 20.8. The Morgan fingerprint density at radius 3 is 2.36 bits per heavy atom. The molecule has 5 nitrogen and oxygen atoms in total. The zero-order valence-electron chi connectivity index (χ0n) is 18.8. The molecule has 6 heteroatoms. The molecule has 0 aliphatic heterocycles. The lowest BCUT2D eigenvalue weighted by Gasteiger charge is -2.55. The Bertz CT molecular complexity index is 1190. The Kier molecular flexibility index (Phi) is 5.02. The van der Waals surface area contributed by atoms with E-state index in [2.05, 4.69) is 24.4 Å². The highest BCUT2D eigenvalue weighted by molar-refractivity contribution is 7.21. The topological polar surface area (TPSA) is 68.3 Å². The highest BCUT2D eigenvalue weighted by Crippen LogP contribution is 2.60. The number of nitrogens with zero attached hydrogens (tertiary/aromatic N) is 1. The van der Waals surface area contributed by atoms with Crippen molar-refractivity contribution in [3.63, 3.8) is 0 Å². The molecule has 4 aliphatic carbocycles. The molecular formula is C27H28N2O3S. The van der Waals surface area contributed by atoms with Crippen molar-refractivity contribution >= 4 is 39.1 Å². The van der Waals surface area contributed by atoms with E-state index in [0.717, 1.165) is 35.4 Å². The lowest BCUT2D eigenvalue weighted by molar-refractivity contribution is -0.172. The third-order valence-electron chi connectivity index (χ3n) is 7.77. The van der Waals surface area contributed by atoms with E-state index in [1.54, 1.807) is 11.3 Å². The second-order valence-corrected chi connectivity index (χ2v) is 11.4. The molecule has 33 heavy (non-hydrogen) atoms. The van der Waals surface area contributed by atoms with Crippen LogP contribution in [0.25, 0.3) is 20.8 Å². The fourth-order valence-electron chi connectivity index (χ4n) is 6.69. The van der Waals surface area contributed by atoms with Crippen LogP contribution in [0.1, 0.15) is 44.1 Å². The number of hydrogen-bond acceptors (Lipinski definition) is 5. The maximum atomic E-state index is 12.9. The van der Waals surface area contributed by atoms with Crippen molar-refractivity contribution in [2.45, 2.75) is 45.4 Å². The number of thiazole rings is 1. The zero-order chi connectivity index (χ0) is 22.6. The van der Waals surface area contributed by atoms with Crippen LogP contribution in [-0.2, 0) is 14.3 Å². The van der Waals surface area contributed by atoms with Gasteiger partial charge in [0.15, 0.2) is 6.61 Å². The van der Waals surface area contributed by atoms with Crippen LogP contribution in [0.2, 0.25) is 0 Å². The van der Waals surface area contributed by atoms with Gasteiger partial charge in [0.1, 0.15) is 5.01 Å². The molecule has 4 aliphatic rings. The van der Waals surface area contributed by atoms with Crippen LogP contribution in [0.15, 0.2) is 42.5 Å². The molecule has 1 heterocycles. The molecular weight excluding hydrogens is 432 g/mol. The minimum Gasteiger partial charge on any atom is -0.455 e. The number of aromatic nitrogens is 1. The van der Waals surface area contributed by atoms with Gasteiger partial charge in [0, 0.05) is 11.3 Å². The van der Waals surface area contributed by atoms with E-state index in [1.807, 2.05) is 30.3 Å². The Hall–Kier alpha value is -2.73. The number of hydrogen-bond donors (Lipinski definition) is 1. The summed E-state index contributed by atoms with van der Waals surface area (Å²) in [5.74, 6) is 1.58. The molecule has 4 bridgehead atoms. The number of esters is 1. The number of nitrogens with one attached hydrogen (secondary N) is 1. The van der Waals surface area contributed by atoms with Crippen LogP contribution in [-0.4, -0.2) is 23.5 Å². The van der Waals surface area contributed by atoms with Gasteiger partial charge < -0.3 is 10.1 Å². The molecule has 4 fully saturated rings. The SMILES string of the molecule is Cc1ccc2nc(-c3ccc(NC(=O)COC(=O)C45CC6CC(CC(C6)C4)C5)cc3)sc2c1. The Labute approximate surface area is 197 Å². The first-order chi connectivity index (χ1) is 16.0. The summed E-state index contributed by atoms with van der Waals surface area (Å²) in [5.41, 5.74) is 3.59. The third kappa shape index (κ3) is 3.95. The van der Waals surface area contributed by atoms with Gasteiger partial charge in [0.05, 0.1) is 15.6 Å². The summed E-state index contributed by atoms with van der Waals surface area (Å²) in [5, 5.41) is 3.81. The van der Waals surface area contributed by atoms with Gasteiger partial charge in [-0.15, -0.1) is 11.3 Å². The van der Waals surface area contributed by atoms with Crippen molar-refractivity contribution < 1.29 is 14.3 Å². The lowest BCUT2D eigenvalue weighted by Crippen LogP contribution is -2.50. The molecule has 7 rings (SSSR count). The summed E-state index contributed by atoms with van der Waals surface area (Å²) < 4.78 is 6.71. The molecule has 3 aromatic rings. The van der Waals surface area contributed by atoms with E-state index in [0.29, 0.717) is 23.4 Å². The Morgan fingerprint density at radius 1 is 1.03 bits per heavy atom. The van der Waals surface area contributed by atoms with Crippen LogP contribution in [0.4, 0.5) is 5.69 Å². The summed E-state index contributed by atoms with van der Waals surface area (Å²) >= 11 is 1.66. The fraction of sp³-hybridized carbons (Fsp3) is 0.444. The zero-order valence-corrected chi connectivity index (χ0v) is 19.6. The van der Waals surface area contributed by atoms with Gasteiger partial charge in [-0.3, -0.25) is 9.59 Å². The summed E-state index contributed by atoms with van der Waals surface area (Å²) in [4.78, 5) is 30.1. The van der Waals surface area contributed by atoms with Gasteiger partial charge in [0.2, 0.25) is 0 Å². The summed E-state index contributed by atoms with van der Waals surface area (Å²) in [6.07, 6.45) is 6.68. The summed E-state index contributed by atoms with van der Waals surface area (Å²) in [6.45, 7) is 1.86. The highest BCUT2D eigenvalue weighted by Gasteiger charge is 2.55. The van der Waals surface area contributed by atoms with E-state index >= 15 is 0 Å². The lowest BCUT2D eigenvalue weighted by atomic mass is 9.49. The molecule has 0 atom stereocenters. The molecule has 1 aromatic heterocycles. The molecule has 2 aromatic carbocycles. The highest BCUT2D eigenvalue weighted by atomic mass is 32.1. The molecule has 4 saturated carbocycles. The number of rotatable bonds is 5. The predicted octanol–water partition coefficient (Wildman–Crippen LogP) is 5.97. The predicted molar refractivity (Wildman–Crippen MR) is 130 cm³/mol. The maximum Gasteiger partial charge on any atom is 0.312 e. The Balaban J connectivity index is 1.06. The number of carbonyl (C=O) groups excluding carboxylic acids is 2. The summed E-state index contributed by atoms with van der Waals surface area (Å²) in [6, 6.07) is 13.9. The van der Waals surface area contributed by atoms with E-state index in [1.165, 1.54) is 29.5 Å². The van der Waals surface area contributed by atoms with E-state index in [9.17, 15) is 9.59 Å². The average molecular weight is 461 g/mol. The second-order valence-electron chi connectivity index (χ2n) is 10.4. The molecule has 1 N–H and O–H groups in total. The van der Waals surface area contributed by atoms with Crippen LogP contribution >= 0.6 is 11.3 Å². The number of fused-ring (bicyclic) bond motifs is 1. The molecule has 170 valence electrons. The normalized spacial score (nSPS) is 27.6. The number of aryl methyl sites for hydroxylation is 1. The average Bonchev–Trinajstić information content (AvgIpc) is 3.20. The number of amides is 1. The van der Waals surface area contributed by atoms with E-state index < -0.39 is 0 Å². The van der Waals surface area contributed by atoms with E-state index in [-0.39, 0.29) is 23.9 Å². The van der Waals surface area contributed by atoms with Crippen molar-refractivity contribution in [1.29, 1.82) is 0 Å². The molecule has 0 radical (unpaired) electrons. The minimum absolute atomic E-state index is 0.154. The first-order valence-electron chi connectivity index (χ1n) is 11.9. The van der Waals surface area contributed by atoms with Gasteiger partial charge in [-0.2, -0.15) is 0 Å². The standard InChI is InChI=1S/C27H28N2O3S/c1-16-2-7-22-23(8-16)33-25(29-22)20-3-5-21(6-4-20)28-24(30)15-32-26(31)27-12-17-9-18(13-27)11-19(10-17)14-27/h2-8,17-19H,9-15H2,1H3,(H,28,30). The smallest absolute Gasteiger partial charge is 0.312 e. The van der Waals surface area contributed by atoms with Gasteiger partial charge in [-0.1, -0.05) is 6.07 Å². The third-order valence-corrected chi connectivity index (χ3v) is 8.83. The van der Waals surface area contributed by atoms with Crippen LogP contribution < -0.4 is 5.32 Å². The quantitative estimate of drug-likeness (QED) is 0.476. The van der Waals surface area contributed by atoms with Crippen LogP contribution in [0.3, 0.4) is 0 Å². The first-order valence-corrected chi connectivity index (χ1v) is 12.7. The number of anilines is 1. The van der Waals surface area contributed by atoms with Gasteiger partial charge in [-0.25, -0.2) is 4.98 Å². The maximum absolute atomic E-state index is 12.9. The fourth-order valence-corrected chi connectivity index (χ4v) is 7.76. The van der Waals surface area contributed by atoms with Crippen molar-refractivity contribution in [3.05, 3.63) is 48.0 Å². The van der Waals surface area contributed by atoms with Gasteiger partial charge >= 0.3 is 5.97 Å². The number of benzene rings is 2. The minimum atomic E-state index is -0.327. The van der Waals surface area contributed by atoms with Crippen molar-refractivity contribution in [2.24, 2.45) is 23.2 Å². The molecule has 1 amide bonds. The number of ether oxygens (including phenoxy) is 1. The number of carbonyl (C=O) groups is 2. The van der Waals surface area contributed by atoms with Gasteiger partial charge in [-0.05, 0) is 105 Å². The van der Waals surface area contributed by atoms with Crippen LogP contribution in [0, 0.1) is 30.1 Å². The second kappa shape index (κ2) is 7.94. The van der Waals surface area contributed by atoms with Crippen LogP contribution in [0.5, 0.6) is 0 Å². The Morgan fingerprint density at radius 2 is 1.70 bits per heavy atom. The van der Waals surface area contributed by atoms with Crippen molar-refractivity contribution in [1.82, 2.24) is 4.98 Å². The van der Waals surface area contributed by atoms with E-state index in [4.69, 9.17) is 9.72 Å².